The predicted molar refractivity (Wildman–Crippen MR) is 111 cm³/mol. The van der Waals surface area contributed by atoms with Gasteiger partial charge in [-0.25, -0.2) is 0 Å². The number of ether oxygens (including phenoxy) is 1. The van der Waals surface area contributed by atoms with E-state index in [1.54, 1.807) is 0 Å². The SMILES string of the molecule is CCCON=C1Oc2c(C)c(C)c(C)c(C)c2C1=NOC.[I][V][I]. The van der Waals surface area contributed by atoms with Crippen LogP contribution in [0.15, 0.2) is 10.3 Å². The maximum atomic E-state index is 5.88. The second-order valence-electron chi connectivity index (χ2n) is 5.22. The first-order valence-corrected chi connectivity index (χ1v) is 16.5. The molecule has 0 bridgehead atoms. The Labute approximate surface area is 172 Å². The number of fused-ring (bicyclic) bond motifs is 1. The Bertz CT molecular complexity index is 649. The third kappa shape index (κ3) is 5.01. The van der Waals surface area contributed by atoms with Crippen LogP contribution in [0.25, 0.3) is 0 Å². The first-order chi connectivity index (χ1) is 11.4. The van der Waals surface area contributed by atoms with Crippen LogP contribution in [-0.2, 0) is 19.1 Å². The van der Waals surface area contributed by atoms with E-state index in [4.69, 9.17) is 14.4 Å². The number of benzene rings is 1. The summed E-state index contributed by atoms with van der Waals surface area (Å²) in [5.41, 5.74) is 6.21. The zero-order chi connectivity index (χ0) is 18.3. The third-order valence-corrected chi connectivity index (χ3v) is 3.89. The van der Waals surface area contributed by atoms with E-state index >= 15 is 0 Å². The van der Waals surface area contributed by atoms with E-state index < -0.39 is 0 Å². The molecule has 5 nitrogen and oxygen atoms in total. The van der Waals surface area contributed by atoms with Gasteiger partial charge in [0, 0.05) is 0 Å². The van der Waals surface area contributed by atoms with Crippen molar-refractivity contribution in [1.29, 1.82) is 0 Å². The number of nitrogens with zero attached hydrogens (tertiary/aromatic N) is 2. The van der Waals surface area contributed by atoms with Crippen molar-refractivity contribution in [2.24, 2.45) is 10.3 Å². The summed E-state index contributed by atoms with van der Waals surface area (Å²) in [6, 6.07) is 0. The van der Waals surface area contributed by atoms with E-state index in [0.717, 1.165) is 28.9 Å². The molecule has 0 spiro atoms. The molecule has 0 aromatic heterocycles. The molecule has 8 heteroatoms. The molecule has 0 unspecified atom stereocenters. The van der Waals surface area contributed by atoms with E-state index in [1.165, 1.54) is 18.2 Å². The zero-order valence-electron chi connectivity index (χ0n) is 14.7. The number of halogens is 2. The van der Waals surface area contributed by atoms with Crippen LogP contribution in [0.1, 0.15) is 41.2 Å². The van der Waals surface area contributed by atoms with Gasteiger partial charge in [0.15, 0.2) is 5.71 Å². The van der Waals surface area contributed by atoms with Crippen LogP contribution in [0.5, 0.6) is 5.75 Å². The molecule has 1 aromatic carbocycles. The summed E-state index contributed by atoms with van der Waals surface area (Å²) in [4.78, 5) is 10.2. The Morgan fingerprint density at radius 3 is 2.12 bits per heavy atom. The fourth-order valence-corrected chi connectivity index (χ4v) is 2.38. The Morgan fingerprint density at radius 2 is 1.58 bits per heavy atom. The Kier molecular flexibility index (Phi) is 9.99. The molecular formula is C16H22I2N2O3V. The average molecular weight is 595 g/mol. The van der Waals surface area contributed by atoms with E-state index in [-0.39, 0.29) is 0 Å². The fourth-order valence-electron chi connectivity index (χ4n) is 2.38. The number of oxime groups is 2. The van der Waals surface area contributed by atoms with Crippen molar-refractivity contribution in [2.45, 2.75) is 41.0 Å². The van der Waals surface area contributed by atoms with Gasteiger partial charge in [-0.2, -0.15) is 0 Å². The van der Waals surface area contributed by atoms with Crippen LogP contribution in [-0.4, -0.2) is 25.3 Å². The molecule has 0 N–H and O–H groups in total. The van der Waals surface area contributed by atoms with Gasteiger partial charge in [0.05, 0.1) is 5.56 Å². The molecule has 1 aliphatic heterocycles. The molecule has 1 aromatic rings. The van der Waals surface area contributed by atoms with E-state index in [9.17, 15) is 0 Å². The van der Waals surface area contributed by atoms with Crippen molar-refractivity contribution in [1.82, 2.24) is 0 Å². The topological polar surface area (TPSA) is 52.4 Å². The summed E-state index contributed by atoms with van der Waals surface area (Å²) >= 11 is 4.74. The number of hydrogen-bond donors (Lipinski definition) is 0. The molecule has 133 valence electrons. The molecule has 2 rings (SSSR count). The van der Waals surface area contributed by atoms with Crippen molar-refractivity contribution in [3.63, 3.8) is 0 Å². The first-order valence-electron chi connectivity index (χ1n) is 7.46. The number of rotatable bonds is 4. The quantitative estimate of drug-likeness (QED) is 0.275. The molecule has 24 heavy (non-hydrogen) atoms. The number of hydrogen-bond acceptors (Lipinski definition) is 5. The van der Waals surface area contributed by atoms with Crippen molar-refractivity contribution in [2.75, 3.05) is 13.7 Å². The van der Waals surface area contributed by atoms with Gasteiger partial charge in [0.1, 0.15) is 19.5 Å². The molecule has 0 saturated heterocycles. The van der Waals surface area contributed by atoms with E-state index in [0.29, 0.717) is 27.7 Å². The summed E-state index contributed by atoms with van der Waals surface area (Å²) in [5, 5.41) is 8.13. The summed E-state index contributed by atoms with van der Waals surface area (Å²) < 4.78 is 5.88. The molecular weight excluding hydrogens is 573 g/mol. The zero-order valence-corrected chi connectivity index (χ0v) is 20.4. The first kappa shape index (κ1) is 22.0. The standard InChI is InChI=1S/C16H22N2O3.2HI.V/c1-7-8-20-18-16-14(17-19-6)13-11(4)9(2)10(3)12(5)15(13)21-16;;;/h7-8H2,1-6H3;2*1H;/q;;;+2/p-2. The molecule has 0 amide bonds. The molecule has 0 saturated carbocycles. The molecule has 0 aliphatic carbocycles. The summed E-state index contributed by atoms with van der Waals surface area (Å²) in [7, 11) is 2.14. The second kappa shape index (κ2) is 10.9. The normalized spacial score (nSPS) is 15.5. The van der Waals surface area contributed by atoms with Gasteiger partial charge >= 0.3 is 49.4 Å². The van der Waals surface area contributed by atoms with Gasteiger partial charge in [-0.15, -0.1) is 0 Å². The Hall–Kier alpha value is 0.00442. The monoisotopic (exact) mass is 595 g/mol. The minimum atomic E-state index is 0.358. The second-order valence-corrected chi connectivity index (χ2v) is 17.0. The van der Waals surface area contributed by atoms with Gasteiger partial charge in [-0.3, -0.25) is 0 Å². The molecule has 0 radical (unpaired) electrons. The van der Waals surface area contributed by atoms with Crippen LogP contribution in [0.3, 0.4) is 0 Å². The summed E-state index contributed by atoms with van der Waals surface area (Å²) in [6.07, 6.45) is 0.886. The molecule has 0 atom stereocenters. The van der Waals surface area contributed by atoms with Gasteiger partial charge < -0.3 is 14.4 Å². The summed E-state index contributed by atoms with van der Waals surface area (Å²) in [5.74, 6) is 1.15. The van der Waals surface area contributed by atoms with Crippen molar-refractivity contribution in [3.05, 3.63) is 27.8 Å². The molecule has 0 fully saturated rings. The molecule has 1 aliphatic rings. The third-order valence-electron chi connectivity index (χ3n) is 3.89. The van der Waals surface area contributed by atoms with Crippen LogP contribution in [0.4, 0.5) is 0 Å². The van der Waals surface area contributed by atoms with Gasteiger partial charge in [-0.05, 0) is 61.5 Å². The van der Waals surface area contributed by atoms with Crippen molar-refractivity contribution in [3.8, 4) is 5.75 Å². The fraction of sp³-hybridized carbons (Fsp3) is 0.500. The summed E-state index contributed by atoms with van der Waals surface area (Å²) in [6.45, 7) is 10.9. The van der Waals surface area contributed by atoms with E-state index in [2.05, 4.69) is 71.0 Å². The Morgan fingerprint density at radius 1 is 1.00 bits per heavy atom. The van der Waals surface area contributed by atoms with Crippen molar-refractivity contribution >= 4 is 51.6 Å². The van der Waals surface area contributed by atoms with E-state index in [1.807, 2.05) is 13.8 Å². The van der Waals surface area contributed by atoms with Crippen LogP contribution >= 0.6 is 40.0 Å². The average Bonchev–Trinajstić information content (AvgIpc) is 2.91. The minimum absolute atomic E-state index is 0.358. The van der Waals surface area contributed by atoms with Gasteiger partial charge in [-0.1, -0.05) is 12.1 Å². The maximum absolute atomic E-state index is 5.88. The van der Waals surface area contributed by atoms with Gasteiger partial charge in [0.2, 0.25) is 0 Å². The van der Waals surface area contributed by atoms with Crippen LogP contribution < -0.4 is 4.74 Å². The van der Waals surface area contributed by atoms with Crippen LogP contribution in [0, 0.1) is 27.7 Å². The Balaban J connectivity index is 0.000000891. The predicted octanol–water partition coefficient (Wildman–Crippen LogP) is 5.17. The van der Waals surface area contributed by atoms with Crippen molar-refractivity contribution < 1.29 is 23.9 Å². The molecule has 1 heterocycles. The van der Waals surface area contributed by atoms with Gasteiger partial charge in [0.25, 0.3) is 5.90 Å². The van der Waals surface area contributed by atoms with Crippen LogP contribution in [0.2, 0.25) is 0 Å².